The summed E-state index contributed by atoms with van der Waals surface area (Å²) in [6, 6.07) is 16.0. The molecule has 7 heteroatoms. The van der Waals surface area contributed by atoms with E-state index in [-0.39, 0.29) is 29.0 Å². The Bertz CT molecular complexity index is 1130. The van der Waals surface area contributed by atoms with Crippen LogP contribution in [-0.2, 0) is 11.3 Å². The van der Waals surface area contributed by atoms with Gasteiger partial charge in [0.05, 0.1) is 29.5 Å². The van der Waals surface area contributed by atoms with E-state index in [0.717, 1.165) is 4.90 Å². The number of Topliss-reactive ketones (excluding diaryl/α,β-unsaturated/α-hetero) is 1. The van der Waals surface area contributed by atoms with Gasteiger partial charge in [-0.05, 0) is 37.3 Å². The highest BCUT2D eigenvalue weighted by Gasteiger charge is 2.36. The van der Waals surface area contributed by atoms with Crippen molar-refractivity contribution in [3.8, 4) is 0 Å². The first-order chi connectivity index (χ1) is 14.5. The maximum Gasteiger partial charge on any atom is 0.338 e. The molecule has 7 nitrogen and oxygen atoms in total. The summed E-state index contributed by atoms with van der Waals surface area (Å²) in [5.41, 5.74) is 0.836. The second-order valence-electron chi connectivity index (χ2n) is 6.81. The molecule has 1 aromatic heterocycles. The zero-order valence-corrected chi connectivity index (χ0v) is 16.0. The molecule has 0 spiro atoms. The number of nitrogens with zero attached hydrogens (tertiary/aromatic N) is 1. The van der Waals surface area contributed by atoms with Gasteiger partial charge in [0.1, 0.15) is 5.76 Å². The number of hydrogen-bond donors (Lipinski definition) is 0. The first kappa shape index (κ1) is 19.3. The highest BCUT2D eigenvalue weighted by molar-refractivity contribution is 6.21. The predicted molar refractivity (Wildman–Crippen MR) is 105 cm³/mol. The van der Waals surface area contributed by atoms with Crippen molar-refractivity contribution in [2.45, 2.75) is 19.6 Å². The third-order valence-electron chi connectivity index (χ3n) is 4.81. The lowest BCUT2D eigenvalue weighted by molar-refractivity contribution is 0.0318. The highest BCUT2D eigenvalue weighted by Crippen LogP contribution is 2.26. The van der Waals surface area contributed by atoms with Crippen molar-refractivity contribution in [3.63, 3.8) is 0 Å². The number of ketones is 1. The summed E-state index contributed by atoms with van der Waals surface area (Å²) in [7, 11) is 0. The minimum Gasteiger partial charge on any atom is -0.467 e. The van der Waals surface area contributed by atoms with Gasteiger partial charge in [-0.15, -0.1) is 0 Å². The minimum absolute atomic E-state index is 0.00172. The lowest BCUT2D eigenvalue weighted by Gasteiger charge is -2.12. The van der Waals surface area contributed by atoms with Gasteiger partial charge in [0.2, 0.25) is 5.78 Å². The van der Waals surface area contributed by atoms with Crippen molar-refractivity contribution in [3.05, 3.63) is 94.9 Å². The Morgan fingerprint density at radius 1 is 0.933 bits per heavy atom. The van der Waals surface area contributed by atoms with Gasteiger partial charge in [-0.25, -0.2) is 4.79 Å². The molecule has 2 aromatic carbocycles. The molecule has 2 heterocycles. The van der Waals surface area contributed by atoms with Crippen LogP contribution in [0.3, 0.4) is 0 Å². The molecule has 0 radical (unpaired) electrons. The number of hydrogen-bond acceptors (Lipinski definition) is 6. The molecule has 150 valence electrons. The fraction of sp³-hybridized carbons (Fsp3) is 0.130. The molecule has 0 N–H and O–H groups in total. The molecule has 0 fully saturated rings. The van der Waals surface area contributed by atoms with E-state index >= 15 is 0 Å². The molecular formula is C23H17NO6. The molecule has 0 aliphatic carbocycles. The summed E-state index contributed by atoms with van der Waals surface area (Å²) in [5, 5.41) is 0. The van der Waals surface area contributed by atoms with Gasteiger partial charge in [0.15, 0.2) is 6.10 Å². The number of rotatable bonds is 6. The number of amides is 2. The number of esters is 1. The number of imide groups is 1. The Labute approximate surface area is 171 Å². The normalized spacial score (nSPS) is 13.8. The van der Waals surface area contributed by atoms with Crippen molar-refractivity contribution in [1.29, 1.82) is 0 Å². The van der Waals surface area contributed by atoms with E-state index in [9.17, 15) is 19.2 Å². The zero-order chi connectivity index (χ0) is 21.3. The summed E-state index contributed by atoms with van der Waals surface area (Å²) in [6.07, 6.45) is 0.459. The molecule has 0 saturated carbocycles. The Balaban J connectivity index is 1.50. The van der Waals surface area contributed by atoms with E-state index in [2.05, 4.69) is 0 Å². The molecule has 1 atom stereocenters. The van der Waals surface area contributed by atoms with Crippen molar-refractivity contribution >= 4 is 23.6 Å². The minimum atomic E-state index is -0.999. The van der Waals surface area contributed by atoms with Crippen molar-refractivity contribution in [2.24, 2.45) is 0 Å². The van der Waals surface area contributed by atoms with Gasteiger partial charge in [-0.1, -0.05) is 30.3 Å². The van der Waals surface area contributed by atoms with Crippen LogP contribution in [0.25, 0.3) is 0 Å². The third kappa shape index (κ3) is 3.53. The maximum absolute atomic E-state index is 12.7. The van der Waals surface area contributed by atoms with Gasteiger partial charge in [-0.2, -0.15) is 0 Å². The largest absolute Gasteiger partial charge is 0.467 e. The van der Waals surface area contributed by atoms with Crippen LogP contribution >= 0.6 is 0 Å². The molecule has 0 unspecified atom stereocenters. The molecule has 30 heavy (non-hydrogen) atoms. The first-order valence-electron chi connectivity index (χ1n) is 9.28. The van der Waals surface area contributed by atoms with Gasteiger partial charge < -0.3 is 9.15 Å². The van der Waals surface area contributed by atoms with Crippen molar-refractivity contribution < 1.29 is 28.3 Å². The molecule has 4 rings (SSSR count). The molecule has 3 aromatic rings. The number of carbonyl (C=O) groups excluding carboxylic acids is 4. The number of carbonyl (C=O) groups is 4. The second-order valence-corrected chi connectivity index (χ2v) is 6.81. The summed E-state index contributed by atoms with van der Waals surface area (Å²) < 4.78 is 10.5. The fourth-order valence-corrected chi connectivity index (χ4v) is 3.24. The molecule has 0 bridgehead atoms. The lowest BCUT2D eigenvalue weighted by Crippen LogP contribution is -2.28. The lowest BCUT2D eigenvalue weighted by atomic mass is 10.1. The Morgan fingerprint density at radius 3 is 2.37 bits per heavy atom. The first-order valence-corrected chi connectivity index (χ1v) is 9.28. The summed E-state index contributed by atoms with van der Waals surface area (Å²) in [5.74, 6) is -1.59. The van der Waals surface area contributed by atoms with E-state index in [1.807, 2.05) is 0 Å². The van der Waals surface area contributed by atoms with Gasteiger partial charge in [0.25, 0.3) is 11.8 Å². The molecule has 2 amide bonds. The number of benzene rings is 2. The molecule has 0 saturated heterocycles. The van der Waals surface area contributed by atoms with E-state index in [4.69, 9.17) is 9.15 Å². The van der Waals surface area contributed by atoms with E-state index in [1.165, 1.54) is 31.4 Å². The quantitative estimate of drug-likeness (QED) is 0.355. The van der Waals surface area contributed by atoms with Crippen LogP contribution < -0.4 is 0 Å². The topological polar surface area (TPSA) is 93.9 Å². The Hall–Kier alpha value is -4.00. The number of ether oxygens (including phenoxy) is 1. The van der Waals surface area contributed by atoms with Crippen LogP contribution in [0.4, 0.5) is 0 Å². The highest BCUT2D eigenvalue weighted by atomic mass is 16.5. The monoisotopic (exact) mass is 403 g/mol. The van der Waals surface area contributed by atoms with Crippen LogP contribution in [0.15, 0.2) is 71.3 Å². The summed E-state index contributed by atoms with van der Waals surface area (Å²) in [6.45, 7) is 1.49. The van der Waals surface area contributed by atoms with Crippen LogP contribution in [0.5, 0.6) is 0 Å². The SMILES string of the molecule is C[C@H](OC(=O)c1ccc2c(c1)C(=O)N(Cc1ccco1)C2=O)C(=O)c1ccccc1. The standard InChI is InChI=1S/C23H17NO6/c1-14(20(25)15-6-3-2-4-7-15)30-23(28)16-9-10-18-19(12-16)22(27)24(21(18)26)13-17-8-5-11-29-17/h2-12,14H,13H2,1H3/t14-/m0/s1. The predicted octanol–water partition coefficient (Wildman–Crippen LogP) is 3.50. The van der Waals surface area contributed by atoms with Gasteiger partial charge in [-0.3, -0.25) is 19.3 Å². The van der Waals surface area contributed by atoms with Crippen LogP contribution in [0.1, 0.15) is 54.1 Å². The number of fused-ring (bicyclic) bond motifs is 1. The van der Waals surface area contributed by atoms with Crippen LogP contribution in [0, 0.1) is 0 Å². The summed E-state index contributed by atoms with van der Waals surface area (Å²) in [4.78, 5) is 51.2. The van der Waals surface area contributed by atoms with Gasteiger partial charge in [0, 0.05) is 5.56 Å². The van der Waals surface area contributed by atoms with E-state index < -0.39 is 23.9 Å². The van der Waals surface area contributed by atoms with E-state index in [1.54, 1.807) is 42.5 Å². The molecule has 1 aliphatic heterocycles. The molecule has 1 aliphatic rings. The van der Waals surface area contributed by atoms with Gasteiger partial charge >= 0.3 is 5.97 Å². The van der Waals surface area contributed by atoms with Crippen LogP contribution in [0.2, 0.25) is 0 Å². The molecular weight excluding hydrogens is 386 g/mol. The number of furan rings is 1. The maximum atomic E-state index is 12.7. The van der Waals surface area contributed by atoms with Crippen molar-refractivity contribution in [2.75, 3.05) is 0 Å². The second kappa shape index (κ2) is 7.79. The Morgan fingerprint density at radius 2 is 1.67 bits per heavy atom. The summed E-state index contributed by atoms with van der Waals surface area (Å²) >= 11 is 0. The smallest absolute Gasteiger partial charge is 0.338 e. The zero-order valence-electron chi connectivity index (χ0n) is 16.0. The van der Waals surface area contributed by atoms with Crippen LogP contribution in [-0.4, -0.2) is 34.6 Å². The average Bonchev–Trinajstić information content (AvgIpc) is 3.36. The average molecular weight is 403 g/mol. The van der Waals surface area contributed by atoms with E-state index in [0.29, 0.717) is 11.3 Å². The third-order valence-corrected chi connectivity index (χ3v) is 4.81. The Kier molecular flexibility index (Phi) is 5.02. The van der Waals surface area contributed by atoms with Crippen molar-refractivity contribution in [1.82, 2.24) is 4.90 Å². The fourth-order valence-electron chi connectivity index (χ4n) is 3.24.